The van der Waals surface area contributed by atoms with Gasteiger partial charge in [0.05, 0.1) is 13.2 Å². The minimum Gasteiger partial charge on any atom is -0.461 e. The molecular weight excluding hydrogens is 372 g/mol. The molecule has 1 amide bonds. The zero-order chi connectivity index (χ0) is 21.1. The number of hydrogen-bond donors (Lipinski definition) is 0. The van der Waals surface area contributed by atoms with E-state index in [0.717, 1.165) is 44.7 Å². The molecule has 0 radical (unpaired) electrons. The van der Waals surface area contributed by atoms with Crippen molar-refractivity contribution in [1.29, 1.82) is 0 Å². The number of esters is 1. The van der Waals surface area contributed by atoms with Crippen LogP contribution in [0.3, 0.4) is 0 Å². The molecule has 0 spiro atoms. The van der Waals surface area contributed by atoms with Gasteiger partial charge in [-0.1, -0.05) is 33.1 Å². The smallest absolute Gasteiger partial charge is 0.409 e. The summed E-state index contributed by atoms with van der Waals surface area (Å²) >= 11 is 0. The minimum atomic E-state index is -0.321. The van der Waals surface area contributed by atoms with Crippen molar-refractivity contribution in [2.45, 2.75) is 66.0 Å². The Labute approximate surface area is 174 Å². The number of furan rings is 1. The molecule has 1 aromatic heterocycles. The average Bonchev–Trinajstić information content (AvgIpc) is 3.02. The van der Waals surface area contributed by atoms with Gasteiger partial charge >= 0.3 is 12.1 Å². The van der Waals surface area contributed by atoms with Crippen molar-refractivity contribution in [3.05, 3.63) is 23.7 Å². The van der Waals surface area contributed by atoms with Crippen LogP contribution in [0.1, 0.15) is 64.4 Å². The number of carbonyl (C=O) groups is 2. The average molecular weight is 409 g/mol. The van der Waals surface area contributed by atoms with Gasteiger partial charge in [-0.05, 0) is 30.9 Å². The molecule has 2 rings (SSSR count). The van der Waals surface area contributed by atoms with E-state index in [1.54, 1.807) is 0 Å². The fourth-order valence-corrected chi connectivity index (χ4v) is 3.47. The van der Waals surface area contributed by atoms with Gasteiger partial charge in [-0.25, -0.2) is 4.79 Å². The van der Waals surface area contributed by atoms with E-state index >= 15 is 0 Å². The first kappa shape index (κ1) is 23.3. The molecule has 164 valence electrons. The van der Waals surface area contributed by atoms with Crippen molar-refractivity contribution >= 4 is 12.1 Å². The fraction of sp³-hybridized carbons (Fsp3) is 0.727. The van der Waals surface area contributed by atoms with E-state index in [2.05, 4.69) is 18.7 Å². The molecule has 0 N–H and O–H groups in total. The quantitative estimate of drug-likeness (QED) is 0.540. The summed E-state index contributed by atoms with van der Waals surface area (Å²) in [5.74, 6) is 1.62. The number of hydrogen-bond acceptors (Lipinski definition) is 6. The van der Waals surface area contributed by atoms with E-state index < -0.39 is 0 Å². The molecule has 7 nitrogen and oxygen atoms in total. The molecule has 0 aliphatic carbocycles. The number of nitrogens with zero attached hydrogens (tertiary/aromatic N) is 2. The normalized spacial score (nSPS) is 16.3. The van der Waals surface area contributed by atoms with Crippen LogP contribution < -0.4 is 0 Å². The van der Waals surface area contributed by atoms with Crippen LogP contribution in [0.4, 0.5) is 4.79 Å². The highest BCUT2D eigenvalue weighted by Gasteiger charge is 2.22. The molecule has 1 atom stereocenters. The standard InChI is InChI=1S/C22H36N2O5/c1-4-6-8-19(5-2)16-28-22(26)24-12-7-11-23(13-14-24)15-20-9-10-21(29-20)17-27-18(3)25/h9-10,19H,4-8,11-17H2,1-3H3. The van der Waals surface area contributed by atoms with Crippen LogP contribution >= 0.6 is 0 Å². The highest BCUT2D eigenvalue weighted by atomic mass is 16.6. The summed E-state index contributed by atoms with van der Waals surface area (Å²) in [4.78, 5) is 27.5. The zero-order valence-electron chi connectivity index (χ0n) is 18.2. The lowest BCUT2D eigenvalue weighted by Crippen LogP contribution is -2.36. The molecule has 1 aromatic rings. The first-order chi connectivity index (χ1) is 14.0. The highest BCUT2D eigenvalue weighted by Crippen LogP contribution is 2.16. The van der Waals surface area contributed by atoms with E-state index in [-0.39, 0.29) is 18.7 Å². The lowest BCUT2D eigenvalue weighted by molar-refractivity contribution is -0.142. The van der Waals surface area contributed by atoms with Crippen molar-refractivity contribution < 1.29 is 23.5 Å². The molecule has 0 aromatic carbocycles. The van der Waals surface area contributed by atoms with Gasteiger partial charge in [-0.15, -0.1) is 0 Å². The zero-order valence-corrected chi connectivity index (χ0v) is 18.2. The fourth-order valence-electron chi connectivity index (χ4n) is 3.47. The lowest BCUT2D eigenvalue weighted by Gasteiger charge is -2.22. The van der Waals surface area contributed by atoms with E-state index in [1.807, 2.05) is 17.0 Å². The molecule has 0 bridgehead atoms. The SMILES string of the molecule is CCCCC(CC)COC(=O)N1CCCN(Cc2ccc(COC(C)=O)o2)CC1. The van der Waals surface area contributed by atoms with Crippen molar-refractivity contribution in [2.24, 2.45) is 5.92 Å². The molecule has 0 saturated carbocycles. The van der Waals surface area contributed by atoms with Crippen LogP contribution in [0.25, 0.3) is 0 Å². The third-order valence-electron chi connectivity index (χ3n) is 5.35. The van der Waals surface area contributed by atoms with E-state index in [9.17, 15) is 9.59 Å². The van der Waals surface area contributed by atoms with Crippen LogP contribution in [-0.2, 0) is 27.4 Å². The monoisotopic (exact) mass is 408 g/mol. The molecule has 1 aliphatic heterocycles. The van der Waals surface area contributed by atoms with Crippen LogP contribution in [0.15, 0.2) is 16.5 Å². The second-order valence-corrected chi connectivity index (χ2v) is 7.76. The van der Waals surface area contributed by atoms with E-state index in [1.165, 1.54) is 19.8 Å². The molecule has 7 heteroatoms. The van der Waals surface area contributed by atoms with Gasteiger partial charge in [0.15, 0.2) is 0 Å². The molecular formula is C22H36N2O5. The van der Waals surface area contributed by atoms with Crippen LogP contribution in [0.5, 0.6) is 0 Å². The van der Waals surface area contributed by atoms with Crippen LogP contribution in [0, 0.1) is 5.92 Å². The van der Waals surface area contributed by atoms with Gasteiger partial charge in [0.25, 0.3) is 0 Å². The summed E-state index contributed by atoms with van der Waals surface area (Å²) in [6.07, 6.45) is 5.24. The van der Waals surface area contributed by atoms with Crippen molar-refractivity contribution in [3.63, 3.8) is 0 Å². The van der Waals surface area contributed by atoms with Gasteiger partial charge < -0.3 is 18.8 Å². The Bertz CT molecular complexity index is 630. The Balaban J connectivity index is 1.75. The number of rotatable bonds is 10. The summed E-state index contributed by atoms with van der Waals surface area (Å²) in [6.45, 7) is 10.1. The van der Waals surface area contributed by atoms with Gasteiger partial charge in [-0.3, -0.25) is 9.69 Å². The maximum Gasteiger partial charge on any atom is 0.409 e. The topological polar surface area (TPSA) is 72.2 Å². The molecule has 2 heterocycles. The Kier molecular flexibility index (Phi) is 10.0. The third-order valence-corrected chi connectivity index (χ3v) is 5.35. The second-order valence-electron chi connectivity index (χ2n) is 7.76. The lowest BCUT2D eigenvalue weighted by atomic mass is 10.0. The van der Waals surface area contributed by atoms with Crippen molar-refractivity contribution in [1.82, 2.24) is 9.80 Å². The maximum absolute atomic E-state index is 12.5. The summed E-state index contributed by atoms with van der Waals surface area (Å²) in [5.41, 5.74) is 0. The number of unbranched alkanes of at least 4 members (excludes halogenated alkanes) is 1. The van der Waals surface area contributed by atoms with Crippen LogP contribution in [-0.4, -0.2) is 54.6 Å². The summed E-state index contributed by atoms with van der Waals surface area (Å²) < 4.78 is 16.3. The summed E-state index contributed by atoms with van der Waals surface area (Å²) in [6, 6.07) is 3.75. The van der Waals surface area contributed by atoms with Crippen molar-refractivity contribution in [2.75, 3.05) is 32.8 Å². The second kappa shape index (κ2) is 12.5. The Morgan fingerprint density at radius 1 is 1.10 bits per heavy atom. The van der Waals surface area contributed by atoms with Gasteiger partial charge in [0.1, 0.15) is 18.1 Å². The first-order valence-electron chi connectivity index (χ1n) is 10.9. The van der Waals surface area contributed by atoms with E-state index in [0.29, 0.717) is 31.4 Å². The molecule has 1 aliphatic rings. The third kappa shape index (κ3) is 8.48. The van der Waals surface area contributed by atoms with Gasteiger partial charge in [0, 0.05) is 33.1 Å². The largest absolute Gasteiger partial charge is 0.461 e. The molecule has 1 fully saturated rings. The minimum absolute atomic E-state index is 0.159. The molecule has 1 unspecified atom stereocenters. The molecule has 29 heavy (non-hydrogen) atoms. The molecule has 1 saturated heterocycles. The maximum atomic E-state index is 12.5. The van der Waals surface area contributed by atoms with E-state index in [4.69, 9.17) is 13.9 Å². The number of ether oxygens (including phenoxy) is 2. The van der Waals surface area contributed by atoms with Gasteiger partial charge in [0.2, 0.25) is 0 Å². The predicted molar refractivity (Wildman–Crippen MR) is 110 cm³/mol. The Morgan fingerprint density at radius 3 is 2.62 bits per heavy atom. The summed E-state index contributed by atoms with van der Waals surface area (Å²) in [7, 11) is 0. The van der Waals surface area contributed by atoms with Crippen LogP contribution in [0.2, 0.25) is 0 Å². The van der Waals surface area contributed by atoms with Gasteiger partial charge in [-0.2, -0.15) is 0 Å². The number of amides is 1. The first-order valence-corrected chi connectivity index (χ1v) is 10.9. The Hall–Kier alpha value is -2.02. The predicted octanol–water partition coefficient (Wildman–Crippen LogP) is 4.20. The number of carbonyl (C=O) groups excluding carboxylic acids is 2. The van der Waals surface area contributed by atoms with Crippen molar-refractivity contribution in [3.8, 4) is 0 Å². The Morgan fingerprint density at radius 2 is 1.90 bits per heavy atom. The highest BCUT2D eigenvalue weighted by molar-refractivity contribution is 5.67. The summed E-state index contributed by atoms with van der Waals surface area (Å²) in [5, 5.41) is 0.